The smallest absolute Gasteiger partial charge is 0.131 e. The van der Waals surface area contributed by atoms with E-state index in [-0.39, 0.29) is 0 Å². The van der Waals surface area contributed by atoms with Crippen LogP contribution in [-0.4, -0.2) is 24.5 Å². The molecule has 0 saturated heterocycles. The highest BCUT2D eigenvalue weighted by atomic mass is 15.5. The van der Waals surface area contributed by atoms with Crippen molar-refractivity contribution in [3.05, 3.63) is 58.8 Å². The Kier molecular flexibility index (Phi) is 4.38. The molecule has 3 aromatic heterocycles. The van der Waals surface area contributed by atoms with Gasteiger partial charge in [-0.05, 0) is 58.9 Å². The maximum Gasteiger partial charge on any atom is 0.131 e. The molecule has 0 spiro atoms. The number of hydrogen-bond donors (Lipinski definition) is 0. The second-order valence-corrected chi connectivity index (χ2v) is 6.31. The summed E-state index contributed by atoms with van der Waals surface area (Å²) in [6.45, 7) is 11.5. The molecule has 0 aliphatic heterocycles. The van der Waals surface area contributed by atoms with Gasteiger partial charge in [0.1, 0.15) is 19.2 Å². The summed E-state index contributed by atoms with van der Waals surface area (Å²) in [7, 11) is 0. The lowest BCUT2D eigenvalue weighted by molar-refractivity contribution is 0.480. The number of anilines is 1. The van der Waals surface area contributed by atoms with Crippen molar-refractivity contribution >= 4 is 5.82 Å². The van der Waals surface area contributed by atoms with Crippen LogP contribution in [0.15, 0.2) is 30.3 Å². The molecule has 3 aromatic rings. The second-order valence-electron chi connectivity index (χ2n) is 6.31. The molecule has 0 aliphatic carbocycles. The zero-order valence-corrected chi connectivity index (χ0v) is 15.0. The van der Waals surface area contributed by atoms with Crippen LogP contribution < -0.4 is 4.90 Å². The number of hydrogen-bond acceptors (Lipinski definition) is 4. The van der Waals surface area contributed by atoms with Crippen LogP contribution in [0, 0.1) is 34.6 Å². The van der Waals surface area contributed by atoms with Gasteiger partial charge >= 0.3 is 0 Å². The van der Waals surface area contributed by atoms with Gasteiger partial charge in [-0.15, -0.1) is 0 Å². The first-order chi connectivity index (χ1) is 11.4. The molecule has 0 fully saturated rings. The average molecular weight is 324 g/mol. The minimum absolute atomic E-state index is 0.633. The van der Waals surface area contributed by atoms with E-state index in [0.717, 1.165) is 34.3 Å². The Bertz CT molecular complexity index is 797. The highest BCUT2D eigenvalue weighted by molar-refractivity contribution is 5.37. The summed E-state index contributed by atoms with van der Waals surface area (Å²) < 4.78 is 4.01. The van der Waals surface area contributed by atoms with Crippen molar-refractivity contribution in [2.75, 3.05) is 4.90 Å². The lowest BCUT2D eigenvalue weighted by Gasteiger charge is -2.25. The molecule has 0 saturated carbocycles. The van der Waals surface area contributed by atoms with E-state index in [1.54, 1.807) is 0 Å². The first-order valence-corrected chi connectivity index (χ1v) is 8.13. The third kappa shape index (κ3) is 3.48. The topological polar surface area (TPSA) is 51.8 Å². The summed E-state index contributed by atoms with van der Waals surface area (Å²) in [6.07, 6.45) is 0. The minimum atomic E-state index is 0.633. The predicted octanol–water partition coefficient (Wildman–Crippen LogP) is 3.14. The van der Waals surface area contributed by atoms with Crippen molar-refractivity contribution in [2.45, 2.75) is 48.0 Å². The fourth-order valence-corrected chi connectivity index (χ4v) is 2.85. The SMILES string of the molecule is Cc1cccc(N(Cn2nc(C)cc2C)Cn2nc(C)cc2C)n1. The molecule has 0 unspecified atom stereocenters. The number of rotatable bonds is 5. The molecule has 0 bridgehead atoms. The third-order valence-corrected chi connectivity index (χ3v) is 4.01. The van der Waals surface area contributed by atoms with E-state index in [4.69, 9.17) is 0 Å². The van der Waals surface area contributed by atoms with Gasteiger partial charge in [0.15, 0.2) is 0 Å². The van der Waals surface area contributed by atoms with E-state index in [1.807, 2.05) is 48.3 Å². The molecule has 0 atom stereocenters. The van der Waals surface area contributed by atoms with Crippen molar-refractivity contribution < 1.29 is 0 Å². The fraction of sp³-hybridized carbons (Fsp3) is 0.389. The maximum absolute atomic E-state index is 4.68. The number of aryl methyl sites for hydroxylation is 5. The number of pyridine rings is 1. The van der Waals surface area contributed by atoms with Crippen LogP contribution >= 0.6 is 0 Å². The summed E-state index contributed by atoms with van der Waals surface area (Å²) in [5.74, 6) is 0.926. The van der Waals surface area contributed by atoms with Gasteiger partial charge < -0.3 is 4.90 Å². The van der Waals surface area contributed by atoms with Gasteiger partial charge in [-0.2, -0.15) is 10.2 Å². The Morgan fingerprint density at radius 2 is 1.33 bits per heavy atom. The quantitative estimate of drug-likeness (QED) is 0.723. The summed E-state index contributed by atoms with van der Waals surface area (Å²) in [5, 5.41) is 9.17. The second kappa shape index (κ2) is 6.47. The summed E-state index contributed by atoms with van der Waals surface area (Å²) in [6, 6.07) is 10.3. The predicted molar refractivity (Wildman–Crippen MR) is 94.9 cm³/mol. The molecule has 6 nitrogen and oxygen atoms in total. The first kappa shape index (κ1) is 16.2. The van der Waals surface area contributed by atoms with Crippen molar-refractivity contribution in [2.24, 2.45) is 0 Å². The lowest BCUT2D eigenvalue weighted by atomic mass is 10.3. The van der Waals surface area contributed by atoms with Crippen molar-refractivity contribution in [3.8, 4) is 0 Å². The zero-order valence-electron chi connectivity index (χ0n) is 15.0. The molecular weight excluding hydrogens is 300 g/mol. The van der Waals surface area contributed by atoms with Gasteiger partial charge in [-0.1, -0.05) is 6.07 Å². The van der Waals surface area contributed by atoms with Crippen LogP contribution in [0.3, 0.4) is 0 Å². The zero-order chi connectivity index (χ0) is 17.3. The molecule has 0 amide bonds. The van der Waals surface area contributed by atoms with Crippen molar-refractivity contribution in [1.29, 1.82) is 0 Å². The average Bonchev–Trinajstić information content (AvgIpc) is 2.99. The van der Waals surface area contributed by atoms with E-state index in [1.165, 1.54) is 0 Å². The van der Waals surface area contributed by atoms with E-state index in [2.05, 4.69) is 46.1 Å². The Morgan fingerprint density at radius 1 is 0.792 bits per heavy atom. The highest BCUT2D eigenvalue weighted by Crippen LogP contribution is 2.16. The van der Waals surface area contributed by atoms with E-state index in [9.17, 15) is 0 Å². The van der Waals surface area contributed by atoms with Gasteiger partial charge in [0.25, 0.3) is 0 Å². The van der Waals surface area contributed by atoms with Crippen LogP contribution in [0.4, 0.5) is 5.82 Å². The lowest BCUT2D eigenvalue weighted by Crippen LogP contribution is -2.31. The minimum Gasteiger partial charge on any atom is -0.317 e. The standard InChI is InChI=1S/C18H24N6/c1-13-7-6-8-18(19-13)22(11-23-16(4)9-14(2)20-23)12-24-17(5)10-15(3)21-24/h6-10H,11-12H2,1-5H3. The summed E-state index contributed by atoms with van der Waals surface area (Å²) in [5.41, 5.74) is 5.32. The molecule has 0 N–H and O–H groups in total. The Labute approximate surface area is 142 Å². The van der Waals surface area contributed by atoms with Gasteiger partial charge in [0, 0.05) is 17.1 Å². The number of nitrogens with zero attached hydrogens (tertiary/aromatic N) is 6. The van der Waals surface area contributed by atoms with E-state index < -0.39 is 0 Å². The fourth-order valence-electron chi connectivity index (χ4n) is 2.85. The largest absolute Gasteiger partial charge is 0.317 e. The van der Waals surface area contributed by atoms with E-state index >= 15 is 0 Å². The van der Waals surface area contributed by atoms with Gasteiger partial charge in [-0.25, -0.2) is 14.3 Å². The van der Waals surface area contributed by atoms with Crippen molar-refractivity contribution in [1.82, 2.24) is 24.5 Å². The summed E-state index contributed by atoms with van der Waals surface area (Å²) >= 11 is 0. The Morgan fingerprint density at radius 3 is 1.75 bits per heavy atom. The van der Waals surface area contributed by atoms with Gasteiger partial charge in [0.2, 0.25) is 0 Å². The van der Waals surface area contributed by atoms with Crippen LogP contribution in [0.5, 0.6) is 0 Å². The Hall–Kier alpha value is -2.63. The molecular formula is C18H24N6. The Balaban J connectivity index is 1.94. The summed E-state index contributed by atoms with van der Waals surface area (Å²) in [4.78, 5) is 6.87. The van der Waals surface area contributed by atoms with Crippen LogP contribution in [0.1, 0.15) is 28.5 Å². The van der Waals surface area contributed by atoms with Crippen molar-refractivity contribution in [3.63, 3.8) is 0 Å². The third-order valence-electron chi connectivity index (χ3n) is 4.01. The van der Waals surface area contributed by atoms with Crippen LogP contribution in [0.25, 0.3) is 0 Å². The highest BCUT2D eigenvalue weighted by Gasteiger charge is 2.13. The molecule has 3 heterocycles. The van der Waals surface area contributed by atoms with Gasteiger partial charge in [-0.3, -0.25) is 0 Å². The normalized spacial score (nSPS) is 11.0. The molecule has 3 rings (SSSR count). The maximum atomic E-state index is 4.68. The van der Waals surface area contributed by atoms with Crippen LogP contribution in [0.2, 0.25) is 0 Å². The monoisotopic (exact) mass is 324 g/mol. The molecule has 6 heteroatoms. The number of aromatic nitrogens is 5. The molecule has 126 valence electrons. The first-order valence-electron chi connectivity index (χ1n) is 8.13. The molecule has 0 radical (unpaired) electrons. The van der Waals surface area contributed by atoms with Gasteiger partial charge in [0.05, 0.1) is 11.4 Å². The molecule has 0 aromatic carbocycles. The molecule has 24 heavy (non-hydrogen) atoms. The van der Waals surface area contributed by atoms with Crippen LogP contribution in [-0.2, 0) is 13.3 Å². The molecule has 0 aliphatic rings. The van der Waals surface area contributed by atoms with E-state index in [0.29, 0.717) is 13.3 Å².